The van der Waals surface area contributed by atoms with Gasteiger partial charge in [0.1, 0.15) is 6.54 Å². The molecule has 0 atom stereocenters. The third-order valence-electron chi connectivity index (χ3n) is 6.39. The highest BCUT2D eigenvalue weighted by molar-refractivity contribution is 6.34. The summed E-state index contributed by atoms with van der Waals surface area (Å²) in [5.74, 6) is -0.441. The SMILES string of the molecule is [2H]c1cc2ccc(C(=O)N(CC(=O)N3CCN(CCc4cnc[nH]4)CC3)c3ccccc3Cl)cc2[nH]1. The number of amides is 2. The van der Waals surface area contributed by atoms with E-state index in [1.807, 2.05) is 11.1 Å². The van der Waals surface area contributed by atoms with Crippen LogP contribution in [0.2, 0.25) is 5.02 Å². The zero-order valence-corrected chi connectivity index (χ0v) is 20.0. The van der Waals surface area contributed by atoms with Gasteiger partial charge < -0.3 is 14.9 Å². The molecule has 1 aliphatic rings. The van der Waals surface area contributed by atoms with Crippen LogP contribution in [-0.4, -0.2) is 75.8 Å². The number of rotatable bonds is 7. The molecule has 1 fully saturated rings. The first-order valence-corrected chi connectivity index (χ1v) is 12.0. The van der Waals surface area contributed by atoms with Gasteiger partial charge in [0.25, 0.3) is 5.91 Å². The van der Waals surface area contributed by atoms with Crippen LogP contribution in [-0.2, 0) is 11.2 Å². The van der Waals surface area contributed by atoms with E-state index in [9.17, 15) is 9.59 Å². The Morgan fingerprint density at radius 2 is 1.91 bits per heavy atom. The third kappa shape index (κ3) is 5.23. The van der Waals surface area contributed by atoms with Crippen molar-refractivity contribution >= 4 is 40.0 Å². The molecule has 8 nitrogen and oxygen atoms in total. The van der Waals surface area contributed by atoms with Crippen molar-refractivity contribution in [1.82, 2.24) is 24.8 Å². The van der Waals surface area contributed by atoms with E-state index in [0.29, 0.717) is 34.9 Å². The number of hydrogen-bond acceptors (Lipinski definition) is 4. The minimum absolute atomic E-state index is 0.108. The number of benzene rings is 2. The molecule has 5 rings (SSSR count). The highest BCUT2D eigenvalue weighted by Crippen LogP contribution is 2.27. The Morgan fingerprint density at radius 3 is 2.69 bits per heavy atom. The Labute approximate surface area is 209 Å². The molecule has 35 heavy (non-hydrogen) atoms. The molecule has 1 aliphatic heterocycles. The molecular weight excluding hydrogens is 464 g/mol. The van der Waals surface area contributed by atoms with Crippen molar-refractivity contribution in [3.05, 3.63) is 83.5 Å². The topological polar surface area (TPSA) is 88.3 Å². The fraction of sp³-hybridized carbons (Fsp3) is 0.269. The van der Waals surface area contributed by atoms with Gasteiger partial charge in [-0.25, -0.2) is 4.98 Å². The lowest BCUT2D eigenvalue weighted by Crippen LogP contribution is -2.52. The van der Waals surface area contributed by atoms with Gasteiger partial charge in [0, 0.05) is 68.3 Å². The number of anilines is 1. The number of hydrogen-bond donors (Lipinski definition) is 2. The number of H-pyrrole nitrogens is 2. The maximum atomic E-state index is 13.6. The minimum Gasteiger partial charge on any atom is -0.361 e. The zero-order chi connectivity index (χ0) is 25.1. The highest BCUT2D eigenvalue weighted by atomic mass is 35.5. The second-order valence-electron chi connectivity index (χ2n) is 8.61. The van der Waals surface area contributed by atoms with E-state index in [1.54, 1.807) is 54.9 Å². The normalized spacial score (nSPS) is 14.8. The summed E-state index contributed by atoms with van der Waals surface area (Å²) in [7, 11) is 0. The van der Waals surface area contributed by atoms with Crippen LogP contribution in [0.5, 0.6) is 0 Å². The third-order valence-corrected chi connectivity index (χ3v) is 6.71. The van der Waals surface area contributed by atoms with Gasteiger partial charge in [0.15, 0.2) is 0 Å². The Balaban J connectivity index is 1.29. The number of piperazine rings is 1. The van der Waals surface area contributed by atoms with Gasteiger partial charge in [-0.2, -0.15) is 0 Å². The van der Waals surface area contributed by atoms with E-state index in [2.05, 4.69) is 19.9 Å². The summed E-state index contributed by atoms with van der Waals surface area (Å²) >= 11 is 6.45. The predicted molar refractivity (Wildman–Crippen MR) is 137 cm³/mol. The van der Waals surface area contributed by atoms with Gasteiger partial charge in [0.05, 0.1) is 18.4 Å². The van der Waals surface area contributed by atoms with Crippen molar-refractivity contribution in [2.45, 2.75) is 6.42 Å². The smallest absolute Gasteiger partial charge is 0.258 e. The van der Waals surface area contributed by atoms with Crippen LogP contribution in [0.1, 0.15) is 17.4 Å². The lowest BCUT2D eigenvalue weighted by Gasteiger charge is -2.36. The molecule has 1 saturated heterocycles. The van der Waals surface area contributed by atoms with E-state index >= 15 is 0 Å². The van der Waals surface area contributed by atoms with Crippen LogP contribution in [0.3, 0.4) is 0 Å². The first kappa shape index (κ1) is 21.9. The number of nitrogens with one attached hydrogen (secondary N) is 2. The first-order valence-electron chi connectivity index (χ1n) is 12.1. The molecule has 2 aromatic carbocycles. The van der Waals surface area contributed by atoms with Crippen LogP contribution in [0, 0.1) is 0 Å². The number of aromatic nitrogens is 3. The van der Waals surface area contributed by atoms with E-state index in [1.165, 1.54) is 4.90 Å². The largest absolute Gasteiger partial charge is 0.361 e. The van der Waals surface area contributed by atoms with Crippen LogP contribution in [0.15, 0.2) is 67.2 Å². The van der Waals surface area contributed by atoms with Crippen LogP contribution in [0.25, 0.3) is 10.9 Å². The summed E-state index contributed by atoms with van der Waals surface area (Å²) < 4.78 is 7.80. The molecule has 0 aliphatic carbocycles. The molecule has 9 heteroatoms. The maximum absolute atomic E-state index is 13.6. The molecule has 3 heterocycles. The lowest BCUT2D eigenvalue weighted by molar-refractivity contribution is -0.131. The van der Waals surface area contributed by atoms with Crippen molar-refractivity contribution in [2.75, 3.05) is 44.2 Å². The van der Waals surface area contributed by atoms with Crippen molar-refractivity contribution in [3.8, 4) is 0 Å². The van der Waals surface area contributed by atoms with Gasteiger partial charge in [-0.3, -0.25) is 19.4 Å². The fourth-order valence-electron chi connectivity index (χ4n) is 4.36. The van der Waals surface area contributed by atoms with E-state index in [-0.39, 0.29) is 24.5 Å². The van der Waals surface area contributed by atoms with Crippen LogP contribution >= 0.6 is 11.6 Å². The monoisotopic (exact) mass is 491 g/mol. The second-order valence-corrected chi connectivity index (χ2v) is 9.01. The Bertz CT molecular complexity index is 1360. The van der Waals surface area contributed by atoms with Crippen molar-refractivity contribution in [2.24, 2.45) is 0 Å². The van der Waals surface area contributed by atoms with Crippen molar-refractivity contribution in [1.29, 1.82) is 0 Å². The number of fused-ring (bicyclic) bond motifs is 1. The number of carbonyl (C=O) groups is 2. The molecule has 0 bridgehead atoms. The molecule has 0 spiro atoms. The number of nitrogens with zero attached hydrogens (tertiary/aromatic N) is 4. The van der Waals surface area contributed by atoms with Crippen molar-refractivity contribution in [3.63, 3.8) is 0 Å². The summed E-state index contributed by atoms with van der Waals surface area (Å²) in [5.41, 5.74) is 2.70. The summed E-state index contributed by atoms with van der Waals surface area (Å²) in [6.07, 6.45) is 4.67. The fourth-order valence-corrected chi connectivity index (χ4v) is 4.60. The standard InChI is InChI=1S/C26H27ClN6O2/c27-22-3-1-2-4-24(22)33(26(35)20-6-5-19-7-9-29-23(19)15-20)17-25(34)32-13-11-31(12-14-32)10-8-21-16-28-18-30-21/h1-7,9,15-16,18,29H,8,10-14,17H2,(H,28,30)/i9D. The molecule has 0 unspecified atom stereocenters. The molecule has 2 aromatic heterocycles. The molecular formula is C26H27ClN6O2. The number of carbonyl (C=O) groups excluding carboxylic acids is 2. The first-order chi connectivity index (χ1) is 17.5. The van der Waals surface area contributed by atoms with E-state index < -0.39 is 0 Å². The number of imidazole rings is 1. The summed E-state index contributed by atoms with van der Waals surface area (Å²) in [6.45, 7) is 3.55. The summed E-state index contributed by atoms with van der Waals surface area (Å²) in [6, 6.07) is 14.0. The number of halogens is 1. The lowest BCUT2D eigenvalue weighted by atomic mass is 10.1. The summed E-state index contributed by atoms with van der Waals surface area (Å²) in [5, 5.41) is 1.25. The highest BCUT2D eigenvalue weighted by Gasteiger charge is 2.27. The van der Waals surface area contributed by atoms with Crippen LogP contribution < -0.4 is 4.90 Å². The number of aromatic amines is 2. The van der Waals surface area contributed by atoms with Gasteiger partial charge >= 0.3 is 0 Å². The average molecular weight is 492 g/mol. The molecule has 0 saturated carbocycles. The predicted octanol–water partition coefficient (Wildman–Crippen LogP) is 3.58. The van der Waals surface area contributed by atoms with Gasteiger partial charge in [-0.15, -0.1) is 0 Å². The van der Waals surface area contributed by atoms with Gasteiger partial charge in [0.2, 0.25) is 5.91 Å². The molecule has 0 radical (unpaired) electrons. The maximum Gasteiger partial charge on any atom is 0.258 e. The zero-order valence-electron chi connectivity index (χ0n) is 20.2. The van der Waals surface area contributed by atoms with Gasteiger partial charge in [-0.1, -0.05) is 29.8 Å². The van der Waals surface area contributed by atoms with Crippen LogP contribution in [0.4, 0.5) is 5.69 Å². The van der Waals surface area contributed by atoms with E-state index in [4.69, 9.17) is 13.0 Å². The molecule has 180 valence electrons. The second kappa shape index (κ2) is 10.3. The molecule has 4 aromatic rings. The molecule has 2 N–H and O–H groups in total. The quantitative estimate of drug-likeness (QED) is 0.413. The van der Waals surface area contributed by atoms with Crippen molar-refractivity contribution < 1.29 is 11.0 Å². The molecule has 2 amide bonds. The van der Waals surface area contributed by atoms with E-state index in [0.717, 1.165) is 37.1 Å². The summed E-state index contributed by atoms with van der Waals surface area (Å²) in [4.78, 5) is 42.7. The average Bonchev–Trinajstić information content (AvgIpc) is 3.54. The van der Waals surface area contributed by atoms with Gasteiger partial charge in [-0.05, 0) is 35.7 Å². The number of para-hydroxylation sites is 1. The minimum atomic E-state index is -0.322. The Morgan fingerprint density at radius 1 is 1.09 bits per heavy atom. The Hall–Kier alpha value is -3.62. The Kier molecular flexibility index (Phi) is 6.46.